The Balaban J connectivity index is 0.942. The van der Waals surface area contributed by atoms with Crippen LogP contribution in [0.1, 0.15) is 83.5 Å². The molecular formula is C25H40N2O5. The van der Waals surface area contributed by atoms with Crippen molar-refractivity contribution < 1.29 is 24.3 Å². The van der Waals surface area contributed by atoms with Gasteiger partial charge in [0.1, 0.15) is 0 Å². The fourth-order valence-electron chi connectivity index (χ4n) is 7.78. The molecular weight excluding hydrogens is 408 g/mol. The summed E-state index contributed by atoms with van der Waals surface area (Å²) in [6.07, 6.45) is 13.9. The van der Waals surface area contributed by atoms with Gasteiger partial charge in [-0.3, -0.25) is 4.79 Å². The number of hydrogen-bond donors (Lipinski definition) is 1. The average molecular weight is 449 g/mol. The van der Waals surface area contributed by atoms with Crippen molar-refractivity contribution in [2.45, 2.75) is 95.0 Å². The number of amides is 1. The third kappa shape index (κ3) is 4.13. The van der Waals surface area contributed by atoms with Crippen molar-refractivity contribution in [3.63, 3.8) is 0 Å². The summed E-state index contributed by atoms with van der Waals surface area (Å²) in [4.78, 5) is 39.2. The molecule has 0 radical (unpaired) electrons. The molecule has 7 fully saturated rings. The number of rotatable bonds is 5. The number of nitrogens with one attached hydrogen (secondary N) is 1. The van der Waals surface area contributed by atoms with Gasteiger partial charge in [-0.15, -0.1) is 0 Å². The zero-order valence-electron chi connectivity index (χ0n) is 19.4. The molecule has 2 saturated heterocycles. The predicted octanol–water partition coefficient (Wildman–Crippen LogP) is 3.93. The molecule has 7 heteroatoms. The molecule has 1 N–H and O–H groups in total. The molecule has 4 bridgehead atoms. The lowest BCUT2D eigenvalue weighted by Crippen LogP contribution is -2.64. The van der Waals surface area contributed by atoms with Gasteiger partial charge in [-0.1, -0.05) is 6.42 Å². The van der Waals surface area contributed by atoms with E-state index in [0.717, 1.165) is 50.6 Å². The molecule has 7 aliphatic rings. The van der Waals surface area contributed by atoms with E-state index in [4.69, 9.17) is 19.6 Å². The second kappa shape index (κ2) is 8.81. The molecule has 0 aromatic carbocycles. The molecule has 32 heavy (non-hydrogen) atoms. The van der Waals surface area contributed by atoms with E-state index in [1.54, 1.807) is 0 Å². The molecule has 0 unspecified atom stereocenters. The normalized spacial score (nSPS) is 46.1. The smallest absolute Gasteiger partial charge is 0.239 e. The largest absolute Gasteiger partial charge is 0.355 e. The van der Waals surface area contributed by atoms with E-state index >= 15 is 0 Å². The Morgan fingerprint density at radius 3 is 2.09 bits per heavy atom. The number of hydrogen-bond acceptors (Lipinski definition) is 6. The van der Waals surface area contributed by atoms with Crippen molar-refractivity contribution in [3.8, 4) is 0 Å². The Kier molecular flexibility index (Phi) is 5.99. The van der Waals surface area contributed by atoms with E-state index in [0.29, 0.717) is 24.2 Å². The third-order valence-corrected chi connectivity index (χ3v) is 9.46. The topological polar surface area (TPSA) is 69.3 Å². The zero-order valence-corrected chi connectivity index (χ0v) is 19.4. The minimum atomic E-state index is -0.791. The van der Waals surface area contributed by atoms with Crippen molar-refractivity contribution >= 4 is 5.91 Å². The average Bonchev–Trinajstić information content (AvgIpc) is 2.81. The van der Waals surface area contributed by atoms with Gasteiger partial charge >= 0.3 is 0 Å². The van der Waals surface area contributed by atoms with E-state index in [-0.39, 0.29) is 5.91 Å². The van der Waals surface area contributed by atoms with Crippen LogP contribution >= 0.6 is 0 Å². The lowest BCUT2D eigenvalue weighted by molar-refractivity contribution is -0.680. The minimum Gasteiger partial charge on any atom is -0.355 e. The van der Waals surface area contributed by atoms with E-state index in [2.05, 4.69) is 10.2 Å². The van der Waals surface area contributed by atoms with Crippen molar-refractivity contribution in [1.29, 1.82) is 0 Å². The lowest BCUT2D eigenvalue weighted by Gasteiger charge is -2.60. The van der Waals surface area contributed by atoms with Gasteiger partial charge in [-0.25, -0.2) is 0 Å². The number of piperidine rings is 1. The molecule has 1 amide bonds. The van der Waals surface area contributed by atoms with Gasteiger partial charge in [0.2, 0.25) is 17.5 Å². The van der Waals surface area contributed by atoms with Crippen LogP contribution in [0.2, 0.25) is 0 Å². The Labute approximate surface area is 191 Å². The van der Waals surface area contributed by atoms with Crippen LogP contribution in [0.5, 0.6) is 0 Å². The zero-order chi connectivity index (χ0) is 21.6. The van der Waals surface area contributed by atoms with Crippen LogP contribution in [0.25, 0.3) is 0 Å². The highest BCUT2D eigenvalue weighted by Crippen LogP contribution is 2.61. The molecule has 0 atom stereocenters. The fourth-order valence-corrected chi connectivity index (χ4v) is 7.78. The summed E-state index contributed by atoms with van der Waals surface area (Å²) < 4.78 is 0. The van der Waals surface area contributed by atoms with E-state index in [1.807, 2.05) is 0 Å². The summed E-state index contributed by atoms with van der Waals surface area (Å²) in [5.41, 5.74) is 0. The number of carbonyl (C=O) groups excluding carboxylic acids is 1. The van der Waals surface area contributed by atoms with Crippen LogP contribution in [0.3, 0.4) is 0 Å². The first-order valence-corrected chi connectivity index (χ1v) is 13.4. The van der Waals surface area contributed by atoms with Crippen LogP contribution in [-0.4, -0.2) is 48.6 Å². The minimum absolute atomic E-state index is 0.175. The highest BCUT2D eigenvalue weighted by atomic mass is 17.4. The molecule has 0 aromatic rings. The quantitative estimate of drug-likeness (QED) is 0.643. The maximum absolute atomic E-state index is 12.4. The van der Waals surface area contributed by atoms with Gasteiger partial charge in [0.25, 0.3) is 0 Å². The van der Waals surface area contributed by atoms with Crippen molar-refractivity contribution in [2.24, 2.45) is 29.6 Å². The molecule has 7 rings (SSSR count). The second-order valence-corrected chi connectivity index (χ2v) is 11.7. The first kappa shape index (κ1) is 21.8. The standard InChI is InChI=1S/C25H40N2O5/c28-23(26-8-11-27-9-2-1-3-10-27)17-18-4-6-24(7-5-18)29-31-25(32-30-24)21-13-19-12-20(15-21)16-22(25)14-19/h18-22H,1-17H2,(H,26,28). The molecule has 180 valence electrons. The Morgan fingerprint density at radius 1 is 0.844 bits per heavy atom. The second-order valence-electron chi connectivity index (χ2n) is 11.7. The summed E-state index contributed by atoms with van der Waals surface area (Å²) in [7, 11) is 0. The van der Waals surface area contributed by atoms with Gasteiger partial charge in [0.15, 0.2) is 0 Å². The predicted molar refractivity (Wildman–Crippen MR) is 117 cm³/mol. The molecule has 2 heterocycles. The molecule has 5 saturated carbocycles. The van der Waals surface area contributed by atoms with E-state index in [1.165, 1.54) is 64.5 Å². The number of carbonyl (C=O) groups is 1. The maximum atomic E-state index is 12.4. The Bertz CT molecular complexity index is 646. The van der Waals surface area contributed by atoms with E-state index in [9.17, 15) is 4.79 Å². The van der Waals surface area contributed by atoms with E-state index < -0.39 is 11.6 Å². The fraction of sp³-hybridized carbons (Fsp3) is 0.960. The molecule has 5 aliphatic carbocycles. The highest BCUT2D eigenvalue weighted by Gasteiger charge is 2.64. The number of nitrogens with zero attached hydrogens (tertiary/aromatic N) is 1. The summed E-state index contributed by atoms with van der Waals surface area (Å²) >= 11 is 0. The van der Waals surface area contributed by atoms with Crippen LogP contribution in [0, 0.1) is 29.6 Å². The van der Waals surface area contributed by atoms with Crippen molar-refractivity contribution in [3.05, 3.63) is 0 Å². The lowest BCUT2D eigenvalue weighted by atomic mass is 9.53. The van der Waals surface area contributed by atoms with Gasteiger partial charge in [0.05, 0.1) is 0 Å². The highest BCUT2D eigenvalue weighted by molar-refractivity contribution is 5.76. The Morgan fingerprint density at radius 2 is 1.47 bits per heavy atom. The van der Waals surface area contributed by atoms with Crippen LogP contribution in [-0.2, 0) is 24.3 Å². The van der Waals surface area contributed by atoms with Crippen molar-refractivity contribution in [1.82, 2.24) is 10.2 Å². The van der Waals surface area contributed by atoms with Crippen LogP contribution < -0.4 is 5.32 Å². The maximum Gasteiger partial charge on any atom is 0.239 e. The SMILES string of the molecule is O=C(CC1CCC2(CC1)OOC1(OO2)C2CC3CC(C2)CC1C3)NCCN1CCCCC1. The molecule has 2 spiro atoms. The molecule has 0 aromatic heterocycles. The summed E-state index contributed by atoms with van der Waals surface area (Å²) in [5, 5.41) is 3.12. The summed E-state index contributed by atoms with van der Waals surface area (Å²) in [6.45, 7) is 4.08. The number of likely N-dealkylation sites (tertiary alicyclic amines) is 1. The first-order chi connectivity index (χ1) is 15.6. The van der Waals surface area contributed by atoms with Gasteiger partial charge in [-0.05, 0) is 88.6 Å². The van der Waals surface area contributed by atoms with Gasteiger partial charge in [0, 0.05) is 44.2 Å². The Hall–Kier alpha value is -0.730. The van der Waals surface area contributed by atoms with Gasteiger partial charge in [-0.2, -0.15) is 19.6 Å². The van der Waals surface area contributed by atoms with Crippen LogP contribution in [0.15, 0.2) is 0 Å². The molecule has 7 nitrogen and oxygen atoms in total. The monoisotopic (exact) mass is 448 g/mol. The summed E-state index contributed by atoms with van der Waals surface area (Å²) in [5.74, 6) is 1.57. The van der Waals surface area contributed by atoms with Gasteiger partial charge < -0.3 is 10.2 Å². The van der Waals surface area contributed by atoms with Crippen molar-refractivity contribution in [2.75, 3.05) is 26.2 Å². The summed E-state index contributed by atoms with van der Waals surface area (Å²) in [6, 6.07) is 0. The third-order valence-electron chi connectivity index (χ3n) is 9.46. The van der Waals surface area contributed by atoms with Crippen LogP contribution in [0.4, 0.5) is 0 Å². The first-order valence-electron chi connectivity index (χ1n) is 13.4. The molecule has 2 aliphatic heterocycles.